The van der Waals surface area contributed by atoms with Gasteiger partial charge >= 0.3 is 18.3 Å². The van der Waals surface area contributed by atoms with E-state index >= 15 is 0 Å². The third kappa shape index (κ3) is 18.3. The molecule has 3 aromatic carbocycles. The summed E-state index contributed by atoms with van der Waals surface area (Å²) in [6.45, 7) is 0.963. The number of hydrogen-bond donors (Lipinski definition) is 6. The second-order valence-electron chi connectivity index (χ2n) is 11.2. The summed E-state index contributed by atoms with van der Waals surface area (Å²) in [5, 5.41) is 13.2. The van der Waals surface area contributed by atoms with Crippen molar-refractivity contribution in [2.45, 2.75) is 57.6 Å². The number of hydrogen-bond acceptors (Lipinski definition) is 9. The van der Waals surface area contributed by atoms with Crippen LogP contribution in [0.15, 0.2) is 91.0 Å². The van der Waals surface area contributed by atoms with Gasteiger partial charge < -0.3 is 46.5 Å². The molecule has 3 rings (SSSR count). The lowest BCUT2D eigenvalue weighted by Crippen LogP contribution is -2.52. The van der Waals surface area contributed by atoms with Crippen LogP contribution >= 0.6 is 12.4 Å². The van der Waals surface area contributed by atoms with Crippen LogP contribution in [0.4, 0.5) is 14.4 Å². The SMILES string of the molecule is Cl.N[C@@H](CCCNC(=O)OCc1ccccc1)C(=O)N[C@@H](CCCNC(=O)OCc1ccccc1)C(=O)NCCNC(=O)OCc1ccccc1. The van der Waals surface area contributed by atoms with E-state index in [2.05, 4.69) is 26.6 Å². The van der Waals surface area contributed by atoms with E-state index in [4.69, 9.17) is 19.9 Å². The van der Waals surface area contributed by atoms with Crippen molar-refractivity contribution < 1.29 is 38.2 Å². The molecule has 15 heteroatoms. The zero-order valence-corrected chi connectivity index (χ0v) is 29.2. The predicted octanol–water partition coefficient (Wildman–Crippen LogP) is 3.68. The maximum absolute atomic E-state index is 13.1. The van der Waals surface area contributed by atoms with E-state index in [1.807, 2.05) is 91.0 Å². The minimum atomic E-state index is -0.966. The van der Waals surface area contributed by atoms with Gasteiger partial charge in [0.05, 0.1) is 6.04 Å². The van der Waals surface area contributed by atoms with Crippen molar-refractivity contribution in [2.24, 2.45) is 5.73 Å². The number of nitrogens with one attached hydrogen (secondary N) is 5. The minimum absolute atomic E-state index is 0. The highest BCUT2D eigenvalue weighted by atomic mass is 35.5. The molecular weight excluding hydrogens is 680 g/mol. The van der Waals surface area contributed by atoms with E-state index in [9.17, 15) is 24.0 Å². The topological polar surface area (TPSA) is 199 Å². The van der Waals surface area contributed by atoms with Crippen molar-refractivity contribution in [3.05, 3.63) is 108 Å². The molecular formula is C36H47ClN6O8. The number of ether oxygens (including phenoxy) is 3. The molecule has 51 heavy (non-hydrogen) atoms. The highest BCUT2D eigenvalue weighted by Gasteiger charge is 2.23. The molecule has 0 saturated carbocycles. The molecule has 0 aliphatic heterocycles. The van der Waals surface area contributed by atoms with Gasteiger partial charge in [0.1, 0.15) is 25.9 Å². The van der Waals surface area contributed by atoms with Gasteiger partial charge in [0.25, 0.3) is 0 Å². The van der Waals surface area contributed by atoms with Gasteiger partial charge in [-0.05, 0) is 42.4 Å². The van der Waals surface area contributed by atoms with Gasteiger partial charge in [-0.3, -0.25) is 9.59 Å². The Bertz CT molecular complexity index is 1470. The fourth-order valence-corrected chi connectivity index (χ4v) is 4.48. The van der Waals surface area contributed by atoms with Crippen molar-refractivity contribution in [3.8, 4) is 0 Å². The van der Waals surface area contributed by atoms with E-state index in [-0.39, 0.29) is 71.2 Å². The second kappa shape index (κ2) is 24.7. The van der Waals surface area contributed by atoms with E-state index in [1.165, 1.54) is 0 Å². The van der Waals surface area contributed by atoms with E-state index in [1.54, 1.807) is 0 Å². The number of amides is 5. The fourth-order valence-electron chi connectivity index (χ4n) is 4.48. The minimum Gasteiger partial charge on any atom is -0.445 e. The van der Waals surface area contributed by atoms with Gasteiger partial charge in [0.15, 0.2) is 0 Å². The van der Waals surface area contributed by atoms with Crippen molar-refractivity contribution in [3.63, 3.8) is 0 Å². The number of carbonyl (C=O) groups excluding carboxylic acids is 5. The molecule has 0 spiro atoms. The Kier molecular flexibility index (Phi) is 20.3. The lowest BCUT2D eigenvalue weighted by Gasteiger charge is -2.21. The third-order valence-corrected chi connectivity index (χ3v) is 7.20. The molecule has 0 aromatic heterocycles. The van der Waals surface area contributed by atoms with Crippen LogP contribution in [0.2, 0.25) is 0 Å². The molecule has 0 bridgehead atoms. The first-order valence-corrected chi connectivity index (χ1v) is 16.5. The number of rotatable bonds is 20. The van der Waals surface area contributed by atoms with Crippen molar-refractivity contribution in [2.75, 3.05) is 26.2 Å². The lowest BCUT2D eigenvalue weighted by atomic mass is 10.1. The van der Waals surface area contributed by atoms with Crippen LogP contribution in [-0.2, 0) is 43.6 Å². The number of benzene rings is 3. The zero-order valence-electron chi connectivity index (χ0n) is 28.3. The number of halogens is 1. The second-order valence-corrected chi connectivity index (χ2v) is 11.2. The standard InChI is InChI=1S/C36H46N6O8.ClH/c37-30(18-10-20-39-34(45)48-24-27-12-4-1-5-13-27)32(43)42-31(19-11-21-40-35(46)49-25-28-14-6-2-7-15-28)33(44)38-22-23-41-36(47)50-26-29-16-8-3-9-17-29;/h1-9,12-17,30-31H,10-11,18-26,37H2,(H,38,44)(H,39,45)(H,40,46)(H,41,47)(H,42,43);1H/t30-,31-;/m0./s1. The Morgan fingerprint density at radius 2 is 0.882 bits per heavy atom. The molecule has 0 fully saturated rings. The normalized spacial score (nSPS) is 11.4. The summed E-state index contributed by atoms with van der Waals surface area (Å²) in [7, 11) is 0. The molecule has 3 aromatic rings. The Morgan fingerprint density at radius 1 is 0.510 bits per heavy atom. The van der Waals surface area contributed by atoms with Gasteiger partial charge in [0, 0.05) is 26.2 Å². The Hall–Kier alpha value is -5.34. The van der Waals surface area contributed by atoms with Crippen LogP contribution in [0.3, 0.4) is 0 Å². The number of nitrogens with two attached hydrogens (primary N) is 1. The molecule has 0 heterocycles. The summed E-state index contributed by atoms with van der Waals surface area (Å²) in [5.74, 6) is -1.03. The average Bonchev–Trinajstić information content (AvgIpc) is 3.14. The molecule has 14 nitrogen and oxygen atoms in total. The maximum Gasteiger partial charge on any atom is 0.407 e. The molecule has 0 aliphatic rings. The van der Waals surface area contributed by atoms with Crippen LogP contribution < -0.4 is 32.3 Å². The quantitative estimate of drug-likeness (QED) is 0.0743. The largest absolute Gasteiger partial charge is 0.445 e. The maximum atomic E-state index is 13.1. The van der Waals surface area contributed by atoms with Crippen LogP contribution in [0, 0.1) is 0 Å². The van der Waals surface area contributed by atoms with E-state index in [0.29, 0.717) is 12.8 Å². The highest BCUT2D eigenvalue weighted by Crippen LogP contribution is 2.04. The van der Waals surface area contributed by atoms with Crippen LogP contribution in [0.25, 0.3) is 0 Å². The number of carbonyl (C=O) groups is 5. The lowest BCUT2D eigenvalue weighted by molar-refractivity contribution is -0.129. The summed E-state index contributed by atoms with van der Waals surface area (Å²) in [4.78, 5) is 62.1. The first-order valence-electron chi connectivity index (χ1n) is 16.5. The monoisotopic (exact) mass is 726 g/mol. The Balaban J connectivity index is 0.00000901. The zero-order chi connectivity index (χ0) is 35.8. The summed E-state index contributed by atoms with van der Waals surface area (Å²) in [6.07, 6.45) is -0.667. The molecule has 0 saturated heterocycles. The highest BCUT2D eigenvalue weighted by molar-refractivity contribution is 5.89. The molecule has 7 N–H and O–H groups in total. The van der Waals surface area contributed by atoms with Crippen LogP contribution in [0.1, 0.15) is 42.4 Å². The summed E-state index contributed by atoms with van der Waals surface area (Å²) >= 11 is 0. The van der Waals surface area contributed by atoms with Gasteiger partial charge in [-0.1, -0.05) is 91.0 Å². The van der Waals surface area contributed by atoms with Crippen LogP contribution in [0.5, 0.6) is 0 Å². The van der Waals surface area contributed by atoms with Gasteiger partial charge in [-0.2, -0.15) is 0 Å². The Labute approximate surface area is 304 Å². The molecule has 2 atom stereocenters. The first kappa shape index (κ1) is 41.8. The Morgan fingerprint density at radius 3 is 1.31 bits per heavy atom. The summed E-state index contributed by atoms with van der Waals surface area (Å²) in [6, 6.07) is 25.8. The van der Waals surface area contributed by atoms with E-state index in [0.717, 1.165) is 16.7 Å². The van der Waals surface area contributed by atoms with Gasteiger partial charge in [-0.15, -0.1) is 12.4 Å². The van der Waals surface area contributed by atoms with Crippen molar-refractivity contribution in [1.29, 1.82) is 0 Å². The summed E-state index contributed by atoms with van der Waals surface area (Å²) in [5.41, 5.74) is 8.63. The van der Waals surface area contributed by atoms with Crippen molar-refractivity contribution >= 4 is 42.5 Å². The molecule has 0 aliphatic carbocycles. The first-order chi connectivity index (χ1) is 24.3. The van der Waals surface area contributed by atoms with Gasteiger partial charge in [-0.25, -0.2) is 14.4 Å². The average molecular weight is 727 g/mol. The molecule has 0 radical (unpaired) electrons. The summed E-state index contributed by atoms with van der Waals surface area (Å²) < 4.78 is 15.5. The van der Waals surface area contributed by atoms with Gasteiger partial charge in [0.2, 0.25) is 11.8 Å². The van der Waals surface area contributed by atoms with Crippen molar-refractivity contribution in [1.82, 2.24) is 26.6 Å². The molecule has 5 amide bonds. The van der Waals surface area contributed by atoms with E-state index < -0.39 is 42.2 Å². The third-order valence-electron chi connectivity index (χ3n) is 7.20. The molecule has 276 valence electrons. The molecule has 0 unspecified atom stereocenters. The van der Waals surface area contributed by atoms with Crippen LogP contribution in [-0.4, -0.2) is 68.4 Å². The smallest absolute Gasteiger partial charge is 0.407 e. The fraction of sp³-hybridized carbons (Fsp3) is 0.361. The number of alkyl carbamates (subject to hydrolysis) is 3. The predicted molar refractivity (Wildman–Crippen MR) is 193 cm³/mol.